The van der Waals surface area contributed by atoms with Crippen LogP contribution in [0.3, 0.4) is 0 Å². The van der Waals surface area contributed by atoms with Crippen molar-refractivity contribution in [2.45, 2.75) is 52.2 Å². The molecule has 0 amide bonds. The second kappa shape index (κ2) is 6.60. The van der Waals surface area contributed by atoms with Gasteiger partial charge in [-0.3, -0.25) is 4.99 Å². The molecule has 2 atom stereocenters. The van der Waals surface area contributed by atoms with Crippen LogP contribution in [0.4, 0.5) is 0 Å². The molecular weight excluding hydrogens is 212 g/mol. The smallest absolute Gasteiger partial charge is 0.0560 e. The summed E-state index contributed by atoms with van der Waals surface area (Å²) in [6, 6.07) is 0.380. The highest BCUT2D eigenvalue weighted by Gasteiger charge is 2.22. The van der Waals surface area contributed by atoms with Gasteiger partial charge in [0.2, 0.25) is 0 Å². The quantitative estimate of drug-likeness (QED) is 0.569. The van der Waals surface area contributed by atoms with Gasteiger partial charge in [-0.1, -0.05) is 19.9 Å². The average Bonchev–Trinajstić information content (AvgIpc) is 2.69. The molecule has 0 aromatic rings. The summed E-state index contributed by atoms with van der Waals surface area (Å²) in [6.45, 7) is 9.81. The van der Waals surface area contributed by atoms with E-state index in [1.807, 2.05) is 19.1 Å². The second-order valence-electron chi connectivity index (χ2n) is 4.93. The predicted molar refractivity (Wildman–Crippen MR) is 73.0 cm³/mol. The number of aliphatic imine (C=N–C) groups is 1. The maximum absolute atomic E-state index is 9.50. The van der Waals surface area contributed by atoms with E-state index in [0.717, 1.165) is 30.7 Å². The monoisotopic (exact) mass is 236 g/mol. The zero-order chi connectivity index (χ0) is 12.8. The third-order valence-electron chi connectivity index (χ3n) is 3.16. The molecule has 2 unspecified atom stereocenters. The summed E-state index contributed by atoms with van der Waals surface area (Å²) in [4.78, 5) is 4.05. The highest BCUT2D eigenvalue weighted by Crippen LogP contribution is 2.20. The number of allylic oxidation sites excluding steroid dienone is 3. The Morgan fingerprint density at radius 2 is 2.18 bits per heavy atom. The van der Waals surface area contributed by atoms with Crippen molar-refractivity contribution in [1.82, 2.24) is 5.32 Å². The molecule has 0 aromatic heterocycles. The van der Waals surface area contributed by atoms with Gasteiger partial charge in [0.1, 0.15) is 0 Å². The van der Waals surface area contributed by atoms with E-state index in [1.54, 1.807) is 0 Å². The van der Waals surface area contributed by atoms with Crippen LogP contribution in [0.25, 0.3) is 0 Å². The van der Waals surface area contributed by atoms with Gasteiger partial charge < -0.3 is 10.4 Å². The molecule has 1 saturated carbocycles. The van der Waals surface area contributed by atoms with Crippen LogP contribution in [-0.4, -0.2) is 24.0 Å². The largest absolute Gasteiger partial charge is 0.393 e. The molecule has 1 aliphatic rings. The number of aliphatic hydroxyl groups excluding tert-OH is 1. The molecule has 17 heavy (non-hydrogen) atoms. The zero-order valence-corrected chi connectivity index (χ0v) is 11.1. The first-order valence-electron chi connectivity index (χ1n) is 6.36. The normalized spacial score (nSPS) is 26.4. The van der Waals surface area contributed by atoms with E-state index in [0.29, 0.717) is 12.0 Å². The molecule has 96 valence electrons. The van der Waals surface area contributed by atoms with Crippen LogP contribution in [0.2, 0.25) is 0 Å². The molecule has 0 aliphatic heterocycles. The highest BCUT2D eigenvalue weighted by molar-refractivity contribution is 5.33. The average molecular weight is 236 g/mol. The molecule has 0 heterocycles. The summed E-state index contributed by atoms with van der Waals surface area (Å²) in [5, 5.41) is 13.0. The second-order valence-corrected chi connectivity index (χ2v) is 4.93. The topological polar surface area (TPSA) is 44.6 Å². The van der Waals surface area contributed by atoms with E-state index in [1.165, 1.54) is 0 Å². The minimum absolute atomic E-state index is 0.142. The van der Waals surface area contributed by atoms with E-state index >= 15 is 0 Å². The number of aliphatic hydroxyl groups is 1. The van der Waals surface area contributed by atoms with Gasteiger partial charge in [0.15, 0.2) is 0 Å². The minimum atomic E-state index is -0.142. The lowest BCUT2D eigenvalue weighted by Crippen LogP contribution is -2.25. The van der Waals surface area contributed by atoms with Gasteiger partial charge >= 0.3 is 0 Å². The summed E-state index contributed by atoms with van der Waals surface area (Å²) in [6.07, 6.45) is 6.71. The Balaban J connectivity index is 2.63. The van der Waals surface area contributed by atoms with E-state index in [2.05, 4.69) is 30.9 Å². The van der Waals surface area contributed by atoms with Crippen molar-refractivity contribution in [2.24, 2.45) is 10.9 Å². The van der Waals surface area contributed by atoms with Crippen molar-refractivity contribution in [3.63, 3.8) is 0 Å². The van der Waals surface area contributed by atoms with Crippen molar-refractivity contribution in [1.29, 1.82) is 0 Å². The first-order valence-corrected chi connectivity index (χ1v) is 6.36. The maximum atomic E-state index is 9.50. The predicted octanol–water partition coefficient (Wildman–Crippen LogP) is 2.63. The Labute approximate surface area is 104 Å². The number of nitrogens with zero attached hydrogens (tertiary/aromatic N) is 1. The van der Waals surface area contributed by atoms with Crippen molar-refractivity contribution >= 4 is 6.72 Å². The summed E-state index contributed by atoms with van der Waals surface area (Å²) < 4.78 is 0. The van der Waals surface area contributed by atoms with Gasteiger partial charge in [-0.05, 0) is 44.9 Å². The van der Waals surface area contributed by atoms with Gasteiger partial charge in [-0.2, -0.15) is 0 Å². The van der Waals surface area contributed by atoms with Crippen LogP contribution in [0.1, 0.15) is 40.0 Å². The minimum Gasteiger partial charge on any atom is -0.393 e. The SMILES string of the molecule is C=N/C(=C\C(=C/C)NC1CCC(O)C1)C(C)C. The molecule has 0 radical (unpaired) electrons. The standard InChI is InChI=1S/C14H24N2O/c1-5-11(9-14(15-4)10(2)3)16-12-6-7-13(17)8-12/h5,9-10,12-13,16-17H,4,6-8H2,1-3H3/b11-5+,14-9-. The maximum Gasteiger partial charge on any atom is 0.0560 e. The fraction of sp³-hybridized carbons (Fsp3) is 0.643. The summed E-state index contributed by atoms with van der Waals surface area (Å²) in [5.41, 5.74) is 2.06. The molecule has 0 spiro atoms. The number of hydrogen-bond donors (Lipinski definition) is 2. The fourth-order valence-electron chi connectivity index (χ4n) is 2.09. The van der Waals surface area contributed by atoms with Crippen LogP contribution in [0.15, 0.2) is 28.5 Å². The first-order chi connectivity index (χ1) is 8.06. The van der Waals surface area contributed by atoms with Crippen LogP contribution in [0.5, 0.6) is 0 Å². The van der Waals surface area contributed by atoms with Crippen molar-refractivity contribution in [3.8, 4) is 0 Å². The van der Waals surface area contributed by atoms with E-state index in [9.17, 15) is 5.11 Å². The lowest BCUT2D eigenvalue weighted by Gasteiger charge is -2.16. The molecule has 3 nitrogen and oxygen atoms in total. The van der Waals surface area contributed by atoms with E-state index in [-0.39, 0.29) is 6.10 Å². The lowest BCUT2D eigenvalue weighted by molar-refractivity contribution is 0.180. The Morgan fingerprint density at radius 3 is 2.59 bits per heavy atom. The van der Waals surface area contributed by atoms with Gasteiger partial charge in [0, 0.05) is 17.4 Å². The van der Waals surface area contributed by atoms with Gasteiger partial charge in [0.05, 0.1) is 6.10 Å². The molecule has 0 bridgehead atoms. The van der Waals surface area contributed by atoms with Crippen LogP contribution in [0, 0.1) is 5.92 Å². The molecule has 1 aliphatic carbocycles. The Kier molecular flexibility index (Phi) is 5.42. The Morgan fingerprint density at radius 1 is 1.47 bits per heavy atom. The zero-order valence-electron chi connectivity index (χ0n) is 11.1. The van der Waals surface area contributed by atoms with Crippen molar-refractivity contribution < 1.29 is 5.11 Å². The van der Waals surface area contributed by atoms with E-state index < -0.39 is 0 Å². The molecule has 1 fully saturated rings. The first kappa shape index (κ1) is 14.0. The molecule has 3 heteroatoms. The molecule has 2 N–H and O–H groups in total. The van der Waals surface area contributed by atoms with Crippen molar-refractivity contribution in [2.75, 3.05) is 0 Å². The number of nitrogens with one attached hydrogen (secondary N) is 1. The van der Waals surface area contributed by atoms with Crippen LogP contribution >= 0.6 is 0 Å². The number of rotatable bonds is 5. The van der Waals surface area contributed by atoms with Crippen LogP contribution in [-0.2, 0) is 0 Å². The van der Waals surface area contributed by atoms with Gasteiger partial charge in [-0.25, -0.2) is 0 Å². The molecule has 0 saturated heterocycles. The van der Waals surface area contributed by atoms with Crippen LogP contribution < -0.4 is 5.32 Å². The Bertz CT molecular complexity index is 318. The van der Waals surface area contributed by atoms with E-state index in [4.69, 9.17) is 0 Å². The van der Waals surface area contributed by atoms with Crippen molar-refractivity contribution in [3.05, 3.63) is 23.5 Å². The van der Waals surface area contributed by atoms with Gasteiger partial charge in [0.25, 0.3) is 0 Å². The summed E-state index contributed by atoms with van der Waals surface area (Å²) in [5.74, 6) is 0.374. The third-order valence-corrected chi connectivity index (χ3v) is 3.16. The third kappa shape index (κ3) is 4.35. The fourth-order valence-corrected chi connectivity index (χ4v) is 2.09. The van der Waals surface area contributed by atoms with Gasteiger partial charge in [-0.15, -0.1) is 0 Å². The summed E-state index contributed by atoms with van der Waals surface area (Å²) in [7, 11) is 0. The summed E-state index contributed by atoms with van der Waals surface area (Å²) >= 11 is 0. The highest BCUT2D eigenvalue weighted by atomic mass is 16.3. The molecular formula is C14H24N2O. The Hall–Kier alpha value is -1.09. The molecule has 1 rings (SSSR count). The molecule has 0 aromatic carbocycles. The number of hydrogen-bond acceptors (Lipinski definition) is 3. The lowest BCUT2D eigenvalue weighted by atomic mass is 10.1.